The van der Waals surface area contributed by atoms with Gasteiger partial charge >= 0.3 is 0 Å². The van der Waals surface area contributed by atoms with Crippen molar-refractivity contribution in [3.05, 3.63) is 11.9 Å². The monoisotopic (exact) mass is 192 g/mol. The van der Waals surface area contributed by atoms with Crippen molar-refractivity contribution in [2.75, 3.05) is 13.1 Å². The van der Waals surface area contributed by atoms with Crippen LogP contribution in [0.2, 0.25) is 0 Å². The Kier molecular flexibility index (Phi) is 4.73. The number of nitrogens with zero attached hydrogens (tertiary/aromatic N) is 3. The second-order valence-electron chi connectivity index (χ2n) is 2.92. The summed E-state index contributed by atoms with van der Waals surface area (Å²) < 4.78 is 1.83. The first kappa shape index (κ1) is 10.7. The SMILES string of the molecule is CCCn1nncc1C#CCNCC. The number of nitrogens with one attached hydrogen (secondary N) is 1. The van der Waals surface area contributed by atoms with E-state index in [0.29, 0.717) is 6.54 Å². The minimum absolute atomic E-state index is 0.716. The molecule has 0 amide bonds. The van der Waals surface area contributed by atoms with Crippen LogP contribution < -0.4 is 5.32 Å². The Labute approximate surface area is 84.7 Å². The lowest BCUT2D eigenvalue weighted by molar-refractivity contribution is 0.574. The third kappa shape index (κ3) is 3.19. The molecule has 0 aliphatic heterocycles. The highest BCUT2D eigenvalue weighted by Gasteiger charge is 1.97. The average Bonchev–Trinajstić information content (AvgIpc) is 2.61. The van der Waals surface area contributed by atoms with Gasteiger partial charge in [0.25, 0.3) is 0 Å². The molecular weight excluding hydrogens is 176 g/mol. The van der Waals surface area contributed by atoms with Gasteiger partial charge in [-0.15, -0.1) is 5.10 Å². The largest absolute Gasteiger partial charge is 0.306 e. The van der Waals surface area contributed by atoms with Crippen molar-refractivity contribution in [3.8, 4) is 11.8 Å². The lowest BCUT2D eigenvalue weighted by Crippen LogP contribution is -2.12. The van der Waals surface area contributed by atoms with E-state index in [2.05, 4.69) is 41.3 Å². The van der Waals surface area contributed by atoms with E-state index in [1.165, 1.54) is 0 Å². The van der Waals surface area contributed by atoms with Crippen LogP contribution in [0.3, 0.4) is 0 Å². The molecule has 0 aromatic carbocycles. The average molecular weight is 192 g/mol. The van der Waals surface area contributed by atoms with Gasteiger partial charge in [-0.3, -0.25) is 0 Å². The molecule has 76 valence electrons. The van der Waals surface area contributed by atoms with E-state index in [-0.39, 0.29) is 0 Å². The summed E-state index contributed by atoms with van der Waals surface area (Å²) in [6, 6.07) is 0. The standard InChI is InChI=1S/C10H16N4/c1-3-8-14-10(9-12-13-14)6-5-7-11-4-2/h9,11H,3-4,7-8H2,1-2H3. The minimum Gasteiger partial charge on any atom is -0.306 e. The smallest absolute Gasteiger partial charge is 0.131 e. The van der Waals surface area contributed by atoms with Crippen molar-refractivity contribution >= 4 is 0 Å². The van der Waals surface area contributed by atoms with Crippen molar-refractivity contribution in [1.29, 1.82) is 0 Å². The van der Waals surface area contributed by atoms with Crippen LogP contribution in [0.1, 0.15) is 26.0 Å². The summed E-state index contributed by atoms with van der Waals surface area (Å²) >= 11 is 0. The molecule has 0 bridgehead atoms. The third-order valence-electron chi connectivity index (χ3n) is 1.73. The summed E-state index contributed by atoms with van der Waals surface area (Å²) in [5.74, 6) is 6.06. The van der Waals surface area contributed by atoms with E-state index in [9.17, 15) is 0 Å². The fourth-order valence-electron chi connectivity index (χ4n) is 1.05. The maximum Gasteiger partial charge on any atom is 0.131 e. The van der Waals surface area contributed by atoms with E-state index >= 15 is 0 Å². The van der Waals surface area contributed by atoms with Crippen molar-refractivity contribution in [2.24, 2.45) is 0 Å². The van der Waals surface area contributed by atoms with Crippen LogP contribution in [0.4, 0.5) is 0 Å². The Balaban J connectivity index is 2.55. The zero-order chi connectivity index (χ0) is 10.2. The molecule has 14 heavy (non-hydrogen) atoms. The molecule has 0 unspecified atom stereocenters. The van der Waals surface area contributed by atoms with Crippen LogP contribution in [0.25, 0.3) is 0 Å². The predicted molar refractivity (Wildman–Crippen MR) is 55.7 cm³/mol. The van der Waals surface area contributed by atoms with E-state index in [1.807, 2.05) is 4.68 Å². The van der Waals surface area contributed by atoms with Crippen molar-refractivity contribution < 1.29 is 0 Å². The minimum atomic E-state index is 0.716. The van der Waals surface area contributed by atoms with E-state index in [0.717, 1.165) is 25.2 Å². The lowest BCUT2D eigenvalue weighted by Gasteiger charge is -1.96. The number of hydrogen-bond donors (Lipinski definition) is 1. The van der Waals surface area contributed by atoms with Gasteiger partial charge in [0.15, 0.2) is 0 Å². The number of aryl methyl sites for hydroxylation is 1. The summed E-state index contributed by atoms with van der Waals surface area (Å²) in [5.41, 5.74) is 0.893. The second kappa shape index (κ2) is 6.17. The van der Waals surface area contributed by atoms with Gasteiger partial charge < -0.3 is 5.32 Å². The Morgan fingerprint density at radius 3 is 3.07 bits per heavy atom. The van der Waals surface area contributed by atoms with Crippen LogP contribution in [0, 0.1) is 11.8 Å². The molecule has 4 heteroatoms. The van der Waals surface area contributed by atoms with Gasteiger partial charge in [0.1, 0.15) is 5.69 Å². The fourth-order valence-corrected chi connectivity index (χ4v) is 1.05. The van der Waals surface area contributed by atoms with Crippen LogP contribution >= 0.6 is 0 Å². The highest BCUT2D eigenvalue weighted by atomic mass is 15.4. The highest BCUT2D eigenvalue weighted by molar-refractivity contribution is 5.25. The Morgan fingerprint density at radius 2 is 2.36 bits per heavy atom. The molecule has 1 N–H and O–H groups in total. The number of rotatable bonds is 4. The fraction of sp³-hybridized carbons (Fsp3) is 0.600. The molecule has 0 fully saturated rings. The summed E-state index contributed by atoms with van der Waals surface area (Å²) in [6.45, 7) is 6.71. The molecule has 0 radical (unpaired) electrons. The predicted octanol–water partition coefficient (Wildman–Crippen LogP) is 0.649. The molecule has 0 aliphatic carbocycles. The molecule has 1 rings (SSSR count). The van der Waals surface area contributed by atoms with Crippen LogP contribution in [-0.4, -0.2) is 28.1 Å². The van der Waals surface area contributed by atoms with E-state index in [1.54, 1.807) is 6.20 Å². The first-order valence-electron chi connectivity index (χ1n) is 4.96. The second-order valence-corrected chi connectivity index (χ2v) is 2.92. The summed E-state index contributed by atoms with van der Waals surface area (Å²) in [7, 11) is 0. The van der Waals surface area contributed by atoms with Gasteiger partial charge in [-0.2, -0.15) is 0 Å². The van der Waals surface area contributed by atoms with Crippen LogP contribution in [0.5, 0.6) is 0 Å². The van der Waals surface area contributed by atoms with Crippen LogP contribution in [0.15, 0.2) is 6.20 Å². The van der Waals surface area contributed by atoms with E-state index in [4.69, 9.17) is 0 Å². The zero-order valence-corrected chi connectivity index (χ0v) is 8.75. The molecule has 0 aliphatic rings. The van der Waals surface area contributed by atoms with Gasteiger partial charge in [0.05, 0.1) is 12.7 Å². The quantitative estimate of drug-likeness (QED) is 0.562. The molecule has 1 aromatic rings. The van der Waals surface area contributed by atoms with Crippen molar-refractivity contribution in [3.63, 3.8) is 0 Å². The van der Waals surface area contributed by atoms with Gasteiger partial charge in [-0.05, 0) is 18.9 Å². The Morgan fingerprint density at radius 1 is 1.50 bits per heavy atom. The maximum atomic E-state index is 3.95. The first-order valence-corrected chi connectivity index (χ1v) is 4.96. The highest BCUT2D eigenvalue weighted by Crippen LogP contribution is 1.94. The maximum absolute atomic E-state index is 3.95. The molecule has 1 heterocycles. The molecule has 0 saturated heterocycles. The lowest BCUT2D eigenvalue weighted by atomic mass is 10.4. The summed E-state index contributed by atoms with van der Waals surface area (Å²) in [4.78, 5) is 0. The van der Waals surface area contributed by atoms with Crippen molar-refractivity contribution in [2.45, 2.75) is 26.8 Å². The molecule has 0 atom stereocenters. The van der Waals surface area contributed by atoms with Gasteiger partial charge in [-0.25, -0.2) is 4.68 Å². The Bertz CT molecular complexity index is 318. The Hall–Kier alpha value is -1.34. The van der Waals surface area contributed by atoms with Crippen LogP contribution in [-0.2, 0) is 6.54 Å². The normalized spacial score (nSPS) is 9.57. The topological polar surface area (TPSA) is 42.7 Å². The molecule has 0 spiro atoms. The van der Waals surface area contributed by atoms with Gasteiger partial charge in [-0.1, -0.05) is 25.0 Å². The van der Waals surface area contributed by atoms with E-state index < -0.39 is 0 Å². The molecule has 4 nitrogen and oxygen atoms in total. The molecule has 1 aromatic heterocycles. The third-order valence-corrected chi connectivity index (χ3v) is 1.73. The summed E-state index contributed by atoms with van der Waals surface area (Å²) in [6.07, 6.45) is 2.75. The zero-order valence-electron chi connectivity index (χ0n) is 8.75. The number of aromatic nitrogens is 3. The first-order chi connectivity index (χ1) is 6.88. The van der Waals surface area contributed by atoms with Crippen molar-refractivity contribution in [1.82, 2.24) is 20.3 Å². The summed E-state index contributed by atoms with van der Waals surface area (Å²) in [5, 5.41) is 10.9. The molecular formula is C10H16N4. The van der Waals surface area contributed by atoms with Gasteiger partial charge in [0.2, 0.25) is 0 Å². The van der Waals surface area contributed by atoms with Gasteiger partial charge in [0, 0.05) is 6.54 Å². The molecule has 0 saturated carbocycles. The number of hydrogen-bond acceptors (Lipinski definition) is 3.